The van der Waals surface area contributed by atoms with E-state index in [0.29, 0.717) is 19.9 Å². The van der Waals surface area contributed by atoms with Crippen LogP contribution in [0.5, 0.6) is 0 Å². The molecule has 0 bridgehead atoms. The summed E-state index contributed by atoms with van der Waals surface area (Å²) in [5.41, 5.74) is 0. The highest BCUT2D eigenvalue weighted by Crippen LogP contribution is 2.49. The average molecular weight is 278 g/mol. The molecule has 0 aromatic carbocycles. The average Bonchev–Trinajstić information content (AvgIpc) is 2.25. The van der Waals surface area contributed by atoms with Gasteiger partial charge in [0.15, 0.2) is 6.61 Å². The lowest BCUT2D eigenvalue weighted by Gasteiger charge is -2.34. The maximum atomic E-state index is 13.1. The van der Waals surface area contributed by atoms with Crippen LogP contribution in [0.3, 0.4) is 0 Å². The number of ether oxygens (including phenoxy) is 1. The van der Waals surface area contributed by atoms with Crippen molar-refractivity contribution in [1.29, 1.82) is 0 Å². The predicted molar refractivity (Wildman–Crippen MR) is 50.8 cm³/mol. The fourth-order valence-corrected chi connectivity index (χ4v) is 0.918. The first-order valence-corrected chi connectivity index (χ1v) is 4.82. The molecular weight excluding hydrogens is 266 g/mol. The molecule has 8 heteroatoms. The highest BCUT2D eigenvalue weighted by molar-refractivity contribution is 5.81. The molecule has 0 rings (SSSR count). The number of carbonyl (C=O) groups excluding carboxylic acids is 1. The van der Waals surface area contributed by atoms with Crippen molar-refractivity contribution in [3.63, 3.8) is 0 Å². The molecule has 0 amide bonds. The summed E-state index contributed by atoms with van der Waals surface area (Å²) in [5.74, 6) is -19.2. The van der Waals surface area contributed by atoms with Gasteiger partial charge in [-0.1, -0.05) is 20.4 Å². The minimum Gasteiger partial charge on any atom is -0.456 e. The molecule has 0 saturated heterocycles. The minimum absolute atomic E-state index is 0.453. The summed E-state index contributed by atoms with van der Waals surface area (Å²) in [4.78, 5) is 10.5. The van der Waals surface area contributed by atoms with Crippen molar-refractivity contribution in [3.8, 4) is 0 Å². The van der Waals surface area contributed by atoms with Crippen LogP contribution in [0.2, 0.25) is 0 Å². The quantitative estimate of drug-likeness (QED) is 0.423. The third kappa shape index (κ3) is 2.97. The number of esters is 1. The van der Waals surface area contributed by atoms with Gasteiger partial charge in [-0.3, -0.25) is 0 Å². The summed E-state index contributed by atoms with van der Waals surface area (Å²) in [6, 6.07) is 0. The lowest BCUT2D eigenvalue weighted by Crippen LogP contribution is -2.58. The van der Waals surface area contributed by atoms with E-state index in [-0.39, 0.29) is 0 Å². The number of hydrogen-bond acceptors (Lipinski definition) is 2. The summed E-state index contributed by atoms with van der Waals surface area (Å²) in [6.07, 6.45) is 0.453. The minimum atomic E-state index is -5.63. The van der Waals surface area contributed by atoms with Crippen LogP contribution in [-0.2, 0) is 9.53 Å². The molecule has 0 aliphatic carbocycles. The third-order valence-corrected chi connectivity index (χ3v) is 2.17. The van der Waals surface area contributed by atoms with E-state index in [1.54, 1.807) is 0 Å². The Morgan fingerprint density at radius 3 is 2.00 bits per heavy atom. The molecule has 0 aliphatic heterocycles. The largest absolute Gasteiger partial charge is 0.456 e. The Bertz CT molecular complexity index is 324. The Morgan fingerprint density at radius 1 is 1.22 bits per heavy atom. The maximum absolute atomic E-state index is 13.1. The molecule has 0 radical (unpaired) electrons. The van der Waals surface area contributed by atoms with Gasteiger partial charge in [-0.05, 0) is 0 Å². The molecule has 0 aromatic rings. The highest BCUT2D eigenvalue weighted by atomic mass is 19.3. The van der Waals surface area contributed by atoms with Crippen LogP contribution in [0.25, 0.3) is 0 Å². The summed E-state index contributed by atoms with van der Waals surface area (Å²) in [6.45, 7) is 2.06. The molecule has 0 fully saturated rings. The second-order valence-corrected chi connectivity index (χ2v) is 3.87. The summed E-state index contributed by atoms with van der Waals surface area (Å²) in [7, 11) is 0. The van der Waals surface area contributed by atoms with E-state index in [9.17, 15) is 31.1 Å². The Kier molecular flexibility index (Phi) is 4.84. The monoisotopic (exact) mass is 278 g/mol. The van der Waals surface area contributed by atoms with Crippen LogP contribution in [0, 0.1) is 5.92 Å². The zero-order chi connectivity index (χ0) is 14.8. The summed E-state index contributed by atoms with van der Waals surface area (Å²) in [5, 5.41) is 0. The molecule has 0 unspecified atom stereocenters. The Morgan fingerprint density at radius 2 is 1.67 bits per heavy atom. The Balaban J connectivity index is 5.07. The van der Waals surface area contributed by atoms with E-state index in [1.165, 1.54) is 0 Å². The number of halogens is 6. The lowest BCUT2D eigenvalue weighted by atomic mass is 9.95. The fraction of sp³-hybridized carbons (Fsp3) is 0.700. The van der Waals surface area contributed by atoms with Gasteiger partial charge in [0.05, 0.1) is 0 Å². The number of hydrogen-bond donors (Lipinski definition) is 0. The van der Waals surface area contributed by atoms with Gasteiger partial charge in [-0.25, -0.2) is 4.79 Å². The number of rotatable bonds is 6. The zero-order valence-electron chi connectivity index (χ0n) is 9.65. The van der Waals surface area contributed by atoms with Crippen molar-refractivity contribution in [1.82, 2.24) is 0 Å². The summed E-state index contributed by atoms with van der Waals surface area (Å²) < 4.78 is 81.9. The standard InChI is InChI=1S/C10H12F6O2/c1-4-7(17)18-5-8(11,12)10(15,16)9(13,14)6(2)3/h4,6H,1,5H2,2-3H3. The SMILES string of the molecule is C=CC(=O)OCC(F)(F)C(F)(F)C(F)(F)C(C)C. The smallest absolute Gasteiger partial charge is 0.375 e. The molecule has 0 N–H and O–H groups in total. The van der Waals surface area contributed by atoms with E-state index < -0.39 is 36.3 Å². The molecule has 2 nitrogen and oxygen atoms in total. The molecular formula is C10H12F6O2. The van der Waals surface area contributed by atoms with Gasteiger partial charge in [0.25, 0.3) is 0 Å². The van der Waals surface area contributed by atoms with Crippen molar-refractivity contribution in [2.75, 3.05) is 6.61 Å². The Hall–Kier alpha value is -1.21. The second-order valence-electron chi connectivity index (χ2n) is 3.87. The van der Waals surface area contributed by atoms with Crippen molar-refractivity contribution >= 4 is 5.97 Å². The van der Waals surface area contributed by atoms with Crippen molar-refractivity contribution < 1.29 is 35.9 Å². The van der Waals surface area contributed by atoms with Crippen molar-refractivity contribution in [3.05, 3.63) is 12.7 Å². The predicted octanol–water partition coefficient (Wildman–Crippen LogP) is 3.28. The third-order valence-electron chi connectivity index (χ3n) is 2.17. The van der Waals surface area contributed by atoms with E-state index in [2.05, 4.69) is 11.3 Å². The van der Waals surface area contributed by atoms with Gasteiger partial charge in [-0.2, -0.15) is 26.3 Å². The first kappa shape index (κ1) is 16.8. The summed E-state index contributed by atoms with van der Waals surface area (Å²) >= 11 is 0. The van der Waals surface area contributed by atoms with E-state index in [0.717, 1.165) is 0 Å². The first-order chi connectivity index (χ1) is 7.90. The highest BCUT2D eigenvalue weighted by Gasteiger charge is 2.72. The molecule has 0 saturated carbocycles. The van der Waals surface area contributed by atoms with Crippen molar-refractivity contribution in [2.45, 2.75) is 31.6 Å². The van der Waals surface area contributed by atoms with Gasteiger partial charge in [0, 0.05) is 12.0 Å². The van der Waals surface area contributed by atoms with Crippen LogP contribution >= 0.6 is 0 Å². The molecule has 0 aromatic heterocycles. The van der Waals surface area contributed by atoms with Gasteiger partial charge >= 0.3 is 23.7 Å². The van der Waals surface area contributed by atoms with Crippen LogP contribution in [-0.4, -0.2) is 30.3 Å². The molecule has 0 spiro atoms. The van der Waals surface area contributed by atoms with E-state index >= 15 is 0 Å². The fourth-order valence-electron chi connectivity index (χ4n) is 0.918. The van der Waals surface area contributed by atoms with Crippen LogP contribution in [0.15, 0.2) is 12.7 Å². The topological polar surface area (TPSA) is 26.3 Å². The van der Waals surface area contributed by atoms with Gasteiger partial charge in [0.1, 0.15) is 0 Å². The molecule has 0 aliphatic rings. The van der Waals surface area contributed by atoms with Gasteiger partial charge in [0.2, 0.25) is 0 Å². The molecule has 0 heterocycles. The van der Waals surface area contributed by atoms with Gasteiger partial charge in [-0.15, -0.1) is 0 Å². The van der Waals surface area contributed by atoms with Crippen LogP contribution in [0.4, 0.5) is 26.3 Å². The van der Waals surface area contributed by atoms with Crippen molar-refractivity contribution in [2.24, 2.45) is 5.92 Å². The molecule has 18 heavy (non-hydrogen) atoms. The normalized spacial score (nSPS) is 13.6. The van der Waals surface area contributed by atoms with Crippen LogP contribution < -0.4 is 0 Å². The maximum Gasteiger partial charge on any atom is 0.375 e. The van der Waals surface area contributed by atoms with E-state index in [4.69, 9.17) is 0 Å². The second kappa shape index (κ2) is 5.19. The van der Waals surface area contributed by atoms with E-state index in [1.807, 2.05) is 0 Å². The lowest BCUT2D eigenvalue weighted by molar-refractivity contribution is -0.328. The first-order valence-electron chi connectivity index (χ1n) is 4.82. The number of alkyl halides is 6. The Labute approximate surface area is 99.6 Å². The van der Waals surface area contributed by atoms with Gasteiger partial charge < -0.3 is 4.74 Å². The molecule has 0 atom stereocenters. The van der Waals surface area contributed by atoms with Crippen LogP contribution in [0.1, 0.15) is 13.8 Å². The number of carbonyl (C=O) groups is 1. The zero-order valence-corrected chi connectivity index (χ0v) is 9.65. The molecule has 106 valence electrons.